The fraction of sp³-hybridized carbons (Fsp3) is 0.462. The molecule has 0 aliphatic heterocycles. The van der Waals surface area contributed by atoms with Crippen molar-refractivity contribution in [2.75, 3.05) is 10.6 Å². The third-order valence-corrected chi connectivity index (χ3v) is 4.93. The van der Waals surface area contributed by atoms with Crippen LogP contribution in [0.1, 0.15) is 67.2 Å². The summed E-state index contributed by atoms with van der Waals surface area (Å²) in [4.78, 5) is 23.8. The average Bonchev–Trinajstić information content (AvgIpc) is 2.70. The zero-order chi connectivity index (χ0) is 22.6. The van der Waals surface area contributed by atoms with Gasteiger partial charge < -0.3 is 10.6 Å². The molecule has 0 atom stereocenters. The van der Waals surface area contributed by atoms with E-state index in [9.17, 15) is 9.59 Å². The monoisotopic (exact) mass is 456 g/mol. The third kappa shape index (κ3) is 10.8. The summed E-state index contributed by atoms with van der Waals surface area (Å²) >= 11 is 0. The van der Waals surface area contributed by atoms with Crippen molar-refractivity contribution in [3.8, 4) is 0 Å². The minimum absolute atomic E-state index is 0. The van der Waals surface area contributed by atoms with Gasteiger partial charge in [-0.3, -0.25) is 9.59 Å². The van der Waals surface area contributed by atoms with Gasteiger partial charge in [0.15, 0.2) is 0 Å². The second kappa shape index (κ2) is 14.2. The zero-order valence-corrected chi connectivity index (χ0v) is 21.3. The van der Waals surface area contributed by atoms with E-state index in [0.29, 0.717) is 0 Å². The van der Waals surface area contributed by atoms with E-state index in [2.05, 4.69) is 36.6 Å². The van der Waals surface area contributed by atoms with Gasteiger partial charge in [-0.1, -0.05) is 65.8 Å². The molecule has 0 aromatic heterocycles. The summed E-state index contributed by atoms with van der Waals surface area (Å²) < 4.78 is 0. The van der Waals surface area contributed by atoms with Gasteiger partial charge in [-0.25, -0.2) is 0 Å². The molecule has 2 rings (SSSR count). The normalized spacial score (nSPS) is 10.8. The Kier molecular flexibility index (Phi) is 13.3. The Bertz CT molecular complexity index is 707. The fourth-order valence-electron chi connectivity index (χ4n) is 3.02. The van der Waals surface area contributed by atoms with Crippen molar-refractivity contribution < 1.29 is 31.3 Å². The SMILES string of the molecule is CCCC(C)(C)C(=O)Nc1cc[c-]cc1.CCCC(C)(C)C(=O)Nc1cc[c-]cc1.[Ti+2]. The predicted octanol–water partition coefficient (Wildman–Crippen LogP) is 6.50. The van der Waals surface area contributed by atoms with Gasteiger partial charge in [0.1, 0.15) is 0 Å². The third-order valence-electron chi connectivity index (χ3n) is 4.93. The van der Waals surface area contributed by atoms with Gasteiger partial charge in [-0.15, -0.1) is 24.3 Å². The Morgan fingerprint density at radius 2 is 1.00 bits per heavy atom. The van der Waals surface area contributed by atoms with Crippen LogP contribution in [0.4, 0.5) is 11.4 Å². The fourth-order valence-corrected chi connectivity index (χ4v) is 3.02. The first-order valence-electron chi connectivity index (χ1n) is 10.7. The van der Waals surface area contributed by atoms with E-state index < -0.39 is 0 Å². The van der Waals surface area contributed by atoms with E-state index in [-0.39, 0.29) is 44.4 Å². The van der Waals surface area contributed by atoms with E-state index in [1.165, 1.54) is 0 Å². The second-order valence-electron chi connectivity index (χ2n) is 8.75. The first-order valence-corrected chi connectivity index (χ1v) is 10.7. The van der Waals surface area contributed by atoms with Crippen LogP contribution >= 0.6 is 0 Å². The minimum atomic E-state index is -0.297. The van der Waals surface area contributed by atoms with Crippen molar-refractivity contribution in [3.05, 3.63) is 60.7 Å². The summed E-state index contributed by atoms with van der Waals surface area (Å²) in [6.07, 6.45) is 3.83. The first-order chi connectivity index (χ1) is 14.1. The maximum absolute atomic E-state index is 11.9. The number of rotatable bonds is 8. The molecule has 0 aliphatic carbocycles. The largest absolute Gasteiger partial charge is 2.00 e. The van der Waals surface area contributed by atoms with Crippen LogP contribution < -0.4 is 10.6 Å². The molecular formula is C26H36N2O2Ti. The first kappa shape index (κ1) is 29.1. The van der Waals surface area contributed by atoms with Crippen LogP contribution in [0.2, 0.25) is 0 Å². The topological polar surface area (TPSA) is 58.2 Å². The molecule has 4 nitrogen and oxygen atoms in total. The Balaban J connectivity index is 0.000000562. The number of carbonyl (C=O) groups excluding carboxylic acids is 2. The van der Waals surface area contributed by atoms with Gasteiger partial charge in [0.05, 0.1) is 0 Å². The second-order valence-corrected chi connectivity index (χ2v) is 8.75. The molecule has 2 aromatic carbocycles. The molecule has 0 spiro atoms. The van der Waals surface area contributed by atoms with Gasteiger partial charge in [0, 0.05) is 10.8 Å². The Morgan fingerprint density at radius 1 is 0.710 bits per heavy atom. The van der Waals surface area contributed by atoms with Crippen molar-refractivity contribution >= 4 is 23.2 Å². The molecule has 0 fully saturated rings. The molecule has 0 aliphatic rings. The quantitative estimate of drug-likeness (QED) is 0.352. The van der Waals surface area contributed by atoms with E-state index >= 15 is 0 Å². The summed E-state index contributed by atoms with van der Waals surface area (Å²) in [7, 11) is 0. The molecule has 0 heterocycles. The number of amides is 2. The maximum Gasteiger partial charge on any atom is 2.00 e. The summed E-state index contributed by atoms with van der Waals surface area (Å²) in [5, 5.41) is 5.82. The maximum atomic E-state index is 11.9. The van der Waals surface area contributed by atoms with Gasteiger partial charge in [-0.2, -0.15) is 36.4 Å². The van der Waals surface area contributed by atoms with Crippen LogP contribution in [0, 0.1) is 23.0 Å². The van der Waals surface area contributed by atoms with Crippen LogP contribution in [-0.4, -0.2) is 11.8 Å². The summed E-state index contributed by atoms with van der Waals surface area (Å²) in [6.45, 7) is 12.1. The molecule has 2 amide bonds. The molecule has 0 radical (unpaired) electrons. The Morgan fingerprint density at radius 3 is 1.26 bits per heavy atom. The number of hydrogen-bond acceptors (Lipinski definition) is 2. The molecule has 2 N–H and O–H groups in total. The standard InChI is InChI=1S/2C13H18NO.Ti/c2*1-4-10-13(2,3)12(15)14-11-8-6-5-7-9-11;/h2*6-9H,4,10H2,1-3H3,(H,14,15);/q2*-1;+2. The van der Waals surface area contributed by atoms with Crippen molar-refractivity contribution in [1.82, 2.24) is 0 Å². The van der Waals surface area contributed by atoms with Gasteiger partial charge in [0.25, 0.3) is 0 Å². The molecule has 2 aromatic rings. The van der Waals surface area contributed by atoms with E-state index in [1.54, 1.807) is 24.3 Å². The van der Waals surface area contributed by atoms with Crippen LogP contribution in [0.3, 0.4) is 0 Å². The van der Waals surface area contributed by atoms with E-state index in [0.717, 1.165) is 37.1 Å². The van der Waals surface area contributed by atoms with Crippen LogP contribution in [0.15, 0.2) is 48.5 Å². The average molecular weight is 456 g/mol. The van der Waals surface area contributed by atoms with Gasteiger partial charge in [0.2, 0.25) is 11.8 Å². The van der Waals surface area contributed by atoms with E-state index in [1.807, 2.05) is 52.0 Å². The van der Waals surface area contributed by atoms with Gasteiger partial charge >= 0.3 is 21.7 Å². The number of benzene rings is 2. The summed E-state index contributed by atoms with van der Waals surface area (Å²) in [6, 6.07) is 20.4. The van der Waals surface area contributed by atoms with Gasteiger partial charge in [-0.05, 0) is 12.8 Å². The molecule has 0 bridgehead atoms. The Hall–Kier alpha value is -1.91. The number of nitrogens with one attached hydrogen (secondary N) is 2. The van der Waals surface area contributed by atoms with Crippen LogP contribution in [0.5, 0.6) is 0 Å². The predicted molar refractivity (Wildman–Crippen MR) is 125 cm³/mol. The van der Waals surface area contributed by atoms with Crippen LogP contribution in [-0.2, 0) is 31.3 Å². The van der Waals surface area contributed by atoms with Crippen molar-refractivity contribution in [2.45, 2.75) is 67.2 Å². The zero-order valence-electron chi connectivity index (χ0n) is 19.8. The van der Waals surface area contributed by atoms with Crippen LogP contribution in [0.25, 0.3) is 0 Å². The molecule has 0 saturated carbocycles. The number of hydrogen-bond donors (Lipinski definition) is 2. The molecule has 0 saturated heterocycles. The number of carbonyl (C=O) groups is 2. The Labute approximate surface area is 203 Å². The van der Waals surface area contributed by atoms with Crippen molar-refractivity contribution in [3.63, 3.8) is 0 Å². The number of anilines is 2. The molecular weight excluding hydrogens is 420 g/mol. The molecule has 5 heteroatoms. The van der Waals surface area contributed by atoms with Crippen molar-refractivity contribution in [1.29, 1.82) is 0 Å². The van der Waals surface area contributed by atoms with E-state index in [4.69, 9.17) is 0 Å². The van der Waals surface area contributed by atoms with Crippen molar-refractivity contribution in [2.24, 2.45) is 10.8 Å². The summed E-state index contributed by atoms with van der Waals surface area (Å²) in [5.41, 5.74) is 1.08. The molecule has 0 unspecified atom stereocenters. The molecule has 166 valence electrons. The molecule has 31 heavy (non-hydrogen) atoms. The minimum Gasteiger partial charge on any atom is -0.349 e. The smallest absolute Gasteiger partial charge is 0.349 e. The summed E-state index contributed by atoms with van der Waals surface area (Å²) in [5.74, 6) is 0.158.